The van der Waals surface area contributed by atoms with Crippen LogP contribution in [0.3, 0.4) is 0 Å². The van der Waals surface area contributed by atoms with Crippen LogP contribution in [0.5, 0.6) is 5.75 Å². The van der Waals surface area contributed by atoms with Crippen LogP contribution in [0.4, 0.5) is 10.6 Å². The van der Waals surface area contributed by atoms with Crippen LogP contribution in [-0.2, 0) is 11.3 Å². The number of ether oxygens (including phenoxy) is 1. The summed E-state index contributed by atoms with van der Waals surface area (Å²) in [5.74, 6) is 0.701. The first-order valence-electron chi connectivity index (χ1n) is 10.9. The fraction of sp³-hybridized carbons (Fsp3) is 0.320. The SMILES string of the molecule is CC1CCC(C(=O)N(Cc2ccccc2)c2nn(-c3ccccc3)cc2OC(=O)O)CC1. The molecule has 7 heteroatoms. The summed E-state index contributed by atoms with van der Waals surface area (Å²) in [6, 6.07) is 19.0. The number of anilines is 1. The highest BCUT2D eigenvalue weighted by Gasteiger charge is 2.32. The standard InChI is InChI=1S/C25H27N3O4/c1-18-12-14-20(15-13-18)24(29)27(16-19-8-4-2-5-9-19)23-22(32-25(30)31)17-28(26-23)21-10-6-3-7-11-21/h2-11,17-18,20H,12-16H2,1H3,(H,30,31). The Morgan fingerprint density at radius 3 is 2.28 bits per heavy atom. The predicted octanol–water partition coefficient (Wildman–Crippen LogP) is 5.29. The van der Waals surface area contributed by atoms with Gasteiger partial charge in [0.15, 0.2) is 5.75 Å². The molecule has 1 fully saturated rings. The number of carbonyl (C=O) groups is 2. The minimum absolute atomic E-state index is 0.0369. The molecule has 166 valence electrons. The largest absolute Gasteiger partial charge is 0.511 e. The first kappa shape index (κ1) is 21.6. The molecule has 1 aliphatic carbocycles. The summed E-state index contributed by atoms with van der Waals surface area (Å²) < 4.78 is 6.60. The van der Waals surface area contributed by atoms with Gasteiger partial charge >= 0.3 is 6.16 Å². The molecule has 1 heterocycles. The highest BCUT2D eigenvalue weighted by atomic mass is 16.7. The molecule has 0 atom stereocenters. The Morgan fingerprint density at radius 1 is 1.03 bits per heavy atom. The Morgan fingerprint density at radius 2 is 1.66 bits per heavy atom. The quantitative estimate of drug-likeness (QED) is 0.534. The van der Waals surface area contributed by atoms with Crippen molar-refractivity contribution in [3.63, 3.8) is 0 Å². The summed E-state index contributed by atoms with van der Waals surface area (Å²) >= 11 is 0. The van der Waals surface area contributed by atoms with E-state index in [2.05, 4.69) is 12.0 Å². The summed E-state index contributed by atoms with van der Waals surface area (Å²) in [4.78, 5) is 26.6. The maximum atomic E-state index is 13.7. The molecular formula is C25H27N3O4. The lowest BCUT2D eigenvalue weighted by Crippen LogP contribution is -2.38. The van der Waals surface area contributed by atoms with E-state index in [4.69, 9.17) is 4.74 Å². The van der Waals surface area contributed by atoms with E-state index in [-0.39, 0.29) is 29.9 Å². The molecule has 0 bridgehead atoms. The van der Waals surface area contributed by atoms with E-state index in [1.165, 1.54) is 6.20 Å². The smallest absolute Gasteiger partial charge is 0.449 e. The van der Waals surface area contributed by atoms with Crippen LogP contribution in [0.25, 0.3) is 5.69 Å². The summed E-state index contributed by atoms with van der Waals surface area (Å²) in [6.07, 6.45) is 3.71. The predicted molar refractivity (Wildman–Crippen MR) is 121 cm³/mol. The van der Waals surface area contributed by atoms with Crippen LogP contribution in [0, 0.1) is 11.8 Å². The minimum Gasteiger partial charge on any atom is -0.449 e. The third-order valence-electron chi connectivity index (χ3n) is 5.95. The van der Waals surface area contributed by atoms with Crippen molar-refractivity contribution in [3.05, 3.63) is 72.4 Å². The molecule has 2 aromatic carbocycles. The van der Waals surface area contributed by atoms with Crippen LogP contribution in [-0.4, -0.2) is 26.9 Å². The maximum Gasteiger partial charge on any atom is 0.511 e. The van der Waals surface area contributed by atoms with Crippen molar-refractivity contribution in [2.45, 2.75) is 39.2 Å². The fourth-order valence-corrected chi connectivity index (χ4v) is 4.17. The average Bonchev–Trinajstić information content (AvgIpc) is 3.21. The Kier molecular flexibility index (Phi) is 6.54. The molecule has 32 heavy (non-hydrogen) atoms. The van der Waals surface area contributed by atoms with Crippen molar-refractivity contribution in [3.8, 4) is 11.4 Å². The number of hydrogen-bond acceptors (Lipinski definition) is 4. The molecular weight excluding hydrogens is 406 g/mol. The molecule has 0 spiro atoms. The van der Waals surface area contributed by atoms with Gasteiger partial charge in [-0.25, -0.2) is 9.48 Å². The highest BCUT2D eigenvalue weighted by Crippen LogP contribution is 2.35. The van der Waals surface area contributed by atoms with E-state index in [1.807, 2.05) is 60.7 Å². The zero-order valence-corrected chi connectivity index (χ0v) is 18.1. The molecule has 0 aliphatic heterocycles. The van der Waals surface area contributed by atoms with Crippen LogP contribution >= 0.6 is 0 Å². The summed E-state index contributed by atoms with van der Waals surface area (Å²) in [7, 11) is 0. The van der Waals surface area contributed by atoms with E-state index in [0.717, 1.165) is 36.9 Å². The van der Waals surface area contributed by atoms with Crippen LogP contribution in [0.2, 0.25) is 0 Å². The third-order valence-corrected chi connectivity index (χ3v) is 5.95. The zero-order chi connectivity index (χ0) is 22.5. The van der Waals surface area contributed by atoms with E-state index >= 15 is 0 Å². The Bertz CT molecular complexity index is 1060. The van der Waals surface area contributed by atoms with Gasteiger partial charge in [0.1, 0.15) is 0 Å². The summed E-state index contributed by atoms with van der Waals surface area (Å²) in [6.45, 7) is 2.50. The van der Waals surface area contributed by atoms with Crippen molar-refractivity contribution in [2.24, 2.45) is 11.8 Å². The summed E-state index contributed by atoms with van der Waals surface area (Å²) in [5.41, 5.74) is 1.67. The minimum atomic E-state index is -1.45. The molecule has 1 saturated carbocycles. The van der Waals surface area contributed by atoms with Crippen LogP contribution < -0.4 is 9.64 Å². The van der Waals surface area contributed by atoms with Gasteiger partial charge in [0.25, 0.3) is 0 Å². The van der Waals surface area contributed by atoms with Gasteiger partial charge in [0.2, 0.25) is 11.7 Å². The highest BCUT2D eigenvalue weighted by molar-refractivity contribution is 5.95. The topological polar surface area (TPSA) is 84.7 Å². The van der Waals surface area contributed by atoms with Gasteiger partial charge in [0.05, 0.1) is 18.4 Å². The molecule has 0 saturated heterocycles. The molecule has 3 aromatic rings. The van der Waals surface area contributed by atoms with Gasteiger partial charge < -0.3 is 9.84 Å². The average molecular weight is 434 g/mol. The lowest BCUT2D eigenvalue weighted by Gasteiger charge is -2.30. The number of carbonyl (C=O) groups excluding carboxylic acids is 1. The number of nitrogens with zero attached hydrogens (tertiary/aromatic N) is 3. The molecule has 1 N–H and O–H groups in total. The van der Waals surface area contributed by atoms with Crippen LogP contribution in [0.1, 0.15) is 38.2 Å². The molecule has 0 radical (unpaired) electrons. The number of carboxylic acid groups (broad SMARTS) is 1. The second-order valence-corrected chi connectivity index (χ2v) is 8.33. The normalized spacial score (nSPS) is 18.2. The number of aromatic nitrogens is 2. The third kappa shape index (κ3) is 4.99. The fourth-order valence-electron chi connectivity index (χ4n) is 4.17. The first-order chi connectivity index (χ1) is 15.5. The maximum absolute atomic E-state index is 13.7. The van der Waals surface area contributed by atoms with Crippen molar-refractivity contribution in [1.82, 2.24) is 9.78 Å². The van der Waals surface area contributed by atoms with Crippen molar-refractivity contribution in [1.29, 1.82) is 0 Å². The molecule has 4 rings (SSSR count). The second kappa shape index (κ2) is 9.68. The van der Waals surface area contributed by atoms with Gasteiger partial charge in [-0.2, -0.15) is 0 Å². The van der Waals surface area contributed by atoms with Crippen molar-refractivity contribution < 1.29 is 19.4 Å². The van der Waals surface area contributed by atoms with Gasteiger partial charge in [-0.3, -0.25) is 9.69 Å². The lowest BCUT2D eigenvalue weighted by molar-refractivity contribution is -0.123. The second-order valence-electron chi connectivity index (χ2n) is 8.33. The molecule has 1 amide bonds. The number of rotatable bonds is 6. The molecule has 7 nitrogen and oxygen atoms in total. The number of amides is 1. The van der Waals surface area contributed by atoms with Crippen molar-refractivity contribution >= 4 is 17.9 Å². The van der Waals surface area contributed by atoms with Gasteiger partial charge in [0, 0.05) is 5.92 Å². The van der Waals surface area contributed by atoms with Gasteiger partial charge in [-0.15, -0.1) is 5.10 Å². The molecule has 1 aromatic heterocycles. The van der Waals surface area contributed by atoms with Gasteiger partial charge in [-0.05, 0) is 49.3 Å². The lowest BCUT2D eigenvalue weighted by atomic mass is 9.82. The Labute approximate surface area is 187 Å². The van der Waals surface area contributed by atoms with E-state index < -0.39 is 6.16 Å². The Balaban J connectivity index is 1.74. The first-order valence-corrected chi connectivity index (χ1v) is 10.9. The summed E-state index contributed by atoms with van der Waals surface area (Å²) in [5, 5.41) is 13.9. The molecule has 0 unspecified atom stereocenters. The molecule has 1 aliphatic rings. The number of benzene rings is 2. The van der Waals surface area contributed by atoms with E-state index in [9.17, 15) is 14.7 Å². The Hall–Kier alpha value is -3.61. The zero-order valence-electron chi connectivity index (χ0n) is 18.1. The van der Waals surface area contributed by atoms with E-state index in [1.54, 1.807) is 9.58 Å². The van der Waals surface area contributed by atoms with Crippen molar-refractivity contribution in [2.75, 3.05) is 4.90 Å². The van der Waals surface area contributed by atoms with Crippen LogP contribution in [0.15, 0.2) is 66.9 Å². The monoisotopic (exact) mass is 433 g/mol. The van der Waals surface area contributed by atoms with E-state index in [0.29, 0.717) is 5.92 Å². The number of hydrogen-bond donors (Lipinski definition) is 1. The number of para-hydroxylation sites is 1. The van der Waals surface area contributed by atoms with Gasteiger partial charge in [-0.1, -0.05) is 55.5 Å².